The highest BCUT2D eigenvalue weighted by molar-refractivity contribution is 5.52. The number of rotatable bonds is 4. The van der Waals surface area contributed by atoms with Crippen LogP contribution in [0.1, 0.15) is 16.7 Å². The lowest BCUT2D eigenvalue weighted by Crippen LogP contribution is -2.00. The molecular weight excluding hydrogens is 206 g/mol. The van der Waals surface area contributed by atoms with Gasteiger partial charge in [-0.3, -0.25) is 0 Å². The van der Waals surface area contributed by atoms with E-state index in [1.807, 2.05) is 24.3 Å². The van der Waals surface area contributed by atoms with Crippen LogP contribution in [0.4, 0.5) is 5.69 Å². The summed E-state index contributed by atoms with van der Waals surface area (Å²) in [6.07, 6.45) is 3.66. The van der Waals surface area contributed by atoms with Crippen LogP contribution >= 0.6 is 0 Å². The molecular formula is C16H17N. The number of nitrogen functional groups attached to an aromatic ring is 1. The molecule has 1 nitrogen and oxygen atoms in total. The molecule has 1 heteroatoms. The van der Waals surface area contributed by atoms with Gasteiger partial charge in [-0.25, -0.2) is 0 Å². The minimum Gasteiger partial charge on any atom is -0.398 e. The smallest absolute Gasteiger partial charge is 0.0352 e. The van der Waals surface area contributed by atoms with Crippen LogP contribution in [0, 0.1) is 0 Å². The summed E-state index contributed by atoms with van der Waals surface area (Å²) in [5.74, 6) is 0. The first-order valence-electron chi connectivity index (χ1n) is 5.82. The van der Waals surface area contributed by atoms with Crippen molar-refractivity contribution in [1.82, 2.24) is 0 Å². The van der Waals surface area contributed by atoms with E-state index >= 15 is 0 Å². The molecule has 0 aromatic heterocycles. The molecule has 0 heterocycles. The van der Waals surface area contributed by atoms with E-state index in [1.165, 1.54) is 16.7 Å². The Balaban J connectivity index is 2.32. The Morgan fingerprint density at radius 2 is 1.76 bits per heavy atom. The number of hydrogen-bond donors (Lipinski definition) is 1. The largest absolute Gasteiger partial charge is 0.398 e. The van der Waals surface area contributed by atoms with Gasteiger partial charge in [0.1, 0.15) is 0 Å². The first-order valence-corrected chi connectivity index (χ1v) is 5.82. The molecule has 86 valence electrons. The molecule has 0 atom stereocenters. The normalized spacial score (nSPS) is 10.1. The van der Waals surface area contributed by atoms with Gasteiger partial charge >= 0.3 is 0 Å². The van der Waals surface area contributed by atoms with E-state index in [0.717, 1.165) is 18.5 Å². The molecule has 0 bridgehead atoms. The predicted octanol–water partition coefficient (Wildman–Crippen LogP) is 3.59. The molecule has 2 aromatic rings. The zero-order valence-corrected chi connectivity index (χ0v) is 9.89. The minimum absolute atomic E-state index is 0.828. The quantitative estimate of drug-likeness (QED) is 0.622. The van der Waals surface area contributed by atoms with Gasteiger partial charge in [0, 0.05) is 5.69 Å². The first-order chi connectivity index (χ1) is 8.31. The molecule has 0 radical (unpaired) electrons. The molecule has 0 amide bonds. The summed E-state index contributed by atoms with van der Waals surface area (Å²) in [5.41, 5.74) is 10.7. The van der Waals surface area contributed by atoms with Crippen molar-refractivity contribution in [3.8, 4) is 0 Å². The molecule has 0 spiro atoms. The van der Waals surface area contributed by atoms with E-state index in [1.54, 1.807) is 0 Å². The Morgan fingerprint density at radius 3 is 2.47 bits per heavy atom. The molecule has 0 saturated carbocycles. The van der Waals surface area contributed by atoms with E-state index in [4.69, 9.17) is 5.73 Å². The molecule has 0 saturated heterocycles. The molecule has 17 heavy (non-hydrogen) atoms. The third-order valence-corrected chi connectivity index (χ3v) is 2.90. The van der Waals surface area contributed by atoms with Crippen LogP contribution in [-0.4, -0.2) is 0 Å². The third kappa shape index (κ3) is 2.76. The van der Waals surface area contributed by atoms with Crippen molar-refractivity contribution >= 4 is 5.69 Å². The van der Waals surface area contributed by atoms with Crippen LogP contribution in [0.5, 0.6) is 0 Å². The maximum absolute atomic E-state index is 6.01. The van der Waals surface area contributed by atoms with Crippen molar-refractivity contribution in [1.29, 1.82) is 0 Å². The summed E-state index contributed by atoms with van der Waals surface area (Å²) in [4.78, 5) is 0. The Kier molecular flexibility index (Phi) is 3.61. The van der Waals surface area contributed by atoms with Crippen LogP contribution in [-0.2, 0) is 12.8 Å². The lowest BCUT2D eigenvalue weighted by Gasteiger charge is -2.10. The highest BCUT2D eigenvalue weighted by Gasteiger charge is 2.05. The summed E-state index contributed by atoms with van der Waals surface area (Å²) in [6, 6.07) is 16.6. The third-order valence-electron chi connectivity index (χ3n) is 2.90. The maximum atomic E-state index is 6.01. The van der Waals surface area contributed by atoms with Gasteiger partial charge in [0.2, 0.25) is 0 Å². The molecule has 0 aliphatic carbocycles. The fourth-order valence-electron chi connectivity index (χ4n) is 2.03. The first kappa shape index (κ1) is 11.5. The van der Waals surface area contributed by atoms with Crippen LogP contribution in [0.25, 0.3) is 0 Å². The van der Waals surface area contributed by atoms with E-state index < -0.39 is 0 Å². The van der Waals surface area contributed by atoms with Crippen molar-refractivity contribution in [2.75, 3.05) is 5.73 Å². The highest BCUT2D eigenvalue weighted by atomic mass is 14.6. The monoisotopic (exact) mass is 223 g/mol. The van der Waals surface area contributed by atoms with Gasteiger partial charge in [-0.2, -0.15) is 0 Å². The lowest BCUT2D eigenvalue weighted by molar-refractivity contribution is 1.12. The summed E-state index contributed by atoms with van der Waals surface area (Å²) < 4.78 is 0. The summed E-state index contributed by atoms with van der Waals surface area (Å²) in [5, 5.41) is 0. The molecule has 2 rings (SSSR count). The fourth-order valence-corrected chi connectivity index (χ4v) is 2.03. The van der Waals surface area contributed by atoms with E-state index in [2.05, 4.69) is 36.9 Å². The average Bonchev–Trinajstić information content (AvgIpc) is 2.35. The molecule has 2 aromatic carbocycles. The average molecular weight is 223 g/mol. The zero-order chi connectivity index (χ0) is 12.1. The van der Waals surface area contributed by atoms with Gasteiger partial charge in [-0.15, -0.1) is 6.58 Å². The van der Waals surface area contributed by atoms with Gasteiger partial charge in [-0.1, -0.05) is 48.5 Å². The van der Waals surface area contributed by atoms with Crippen molar-refractivity contribution in [2.24, 2.45) is 0 Å². The van der Waals surface area contributed by atoms with Gasteiger partial charge in [0.15, 0.2) is 0 Å². The summed E-state index contributed by atoms with van der Waals surface area (Å²) in [7, 11) is 0. The van der Waals surface area contributed by atoms with Crippen molar-refractivity contribution < 1.29 is 0 Å². The summed E-state index contributed by atoms with van der Waals surface area (Å²) in [6.45, 7) is 3.79. The van der Waals surface area contributed by atoms with Crippen LogP contribution in [0.2, 0.25) is 0 Å². The molecule has 0 aliphatic heterocycles. The second-order valence-electron chi connectivity index (χ2n) is 4.14. The van der Waals surface area contributed by atoms with Gasteiger partial charge in [-0.05, 0) is 35.6 Å². The van der Waals surface area contributed by atoms with E-state index in [9.17, 15) is 0 Å². The number of benzene rings is 2. The standard InChI is InChI=1S/C16H17N/c1-2-7-15-14(10-6-11-16(15)17)12-13-8-4-3-5-9-13/h2-6,8-11H,1,7,12,17H2. The molecule has 0 aliphatic rings. The van der Waals surface area contributed by atoms with E-state index in [-0.39, 0.29) is 0 Å². The SMILES string of the molecule is C=CCc1c(N)cccc1Cc1ccccc1. The lowest BCUT2D eigenvalue weighted by atomic mass is 9.96. The number of hydrogen-bond acceptors (Lipinski definition) is 1. The van der Waals surface area contributed by atoms with Crippen molar-refractivity contribution in [2.45, 2.75) is 12.8 Å². The predicted molar refractivity (Wildman–Crippen MR) is 74.0 cm³/mol. The molecule has 2 N–H and O–H groups in total. The highest BCUT2D eigenvalue weighted by Crippen LogP contribution is 2.21. The van der Waals surface area contributed by atoms with Gasteiger partial charge in [0.25, 0.3) is 0 Å². The summed E-state index contributed by atoms with van der Waals surface area (Å²) >= 11 is 0. The van der Waals surface area contributed by atoms with E-state index in [0.29, 0.717) is 0 Å². The Labute approximate surface area is 103 Å². The number of anilines is 1. The second kappa shape index (κ2) is 5.35. The van der Waals surface area contributed by atoms with Crippen LogP contribution in [0.15, 0.2) is 61.2 Å². The van der Waals surface area contributed by atoms with Gasteiger partial charge < -0.3 is 5.73 Å². The molecule has 0 fully saturated rings. The molecule has 0 unspecified atom stereocenters. The van der Waals surface area contributed by atoms with Crippen molar-refractivity contribution in [3.63, 3.8) is 0 Å². The minimum atomic E-state index is 0.828. The zero-order valence-electron chi connectivity index (χ0n) is 9.89. The number of allylic oxidation sites excluding steroid dienone is 1. The van der Waals surface area contributed by atoms with Gasteiger partial charge in [0.05, 0.1) is 0 Å². The Morgan fingerprint density at radius 1 is 1.00 bits per heavy atom. The Hall–Kier alpha value is -2.02. The topological polar surface area (TPSA) is 26.0 Å². The Bertz CT molecular complexity index is 500. The number of nitrogens with two attached hydrogens (primary N) is 1. The second-order valence-corrected chi connectivity index (χ2v) is 4.14. The van der Waals surface area contributed by atoms with Crippen molar-refractivity contribution in [3.05, 3.63) is 77.9 Å². The maximum Gasteiger partial charge on any atom is 0.0352 e. The fraction of sp³-hybridized carbons (Fsp3) is 0.125. The van der Waals surface area contributed by atoms with Crippen LogP contribution in [0.3, 0.4) is 0 Å². The van der Waals surface area contributed by atoms with Crippen LogP contribution < -0.4 is 5.73 Å².